The van der Waals surface area contributed by atoms with Gasteiger partial charge in [0.15, 0.2) is 0 Å². The maximum absolute atomic E-state index is 13.1. The highest BCUT2D eigenvalue weighted by Crippen LogP contribution is 2.08. The standard InChI is InChI=1S/C14H22FN3/c1-11-7-12(3-4-14(11)15)8-16-9-13-10-18(2)6-5-17-13/h3-4,7,13,16-17H,5-6,8-10H2,1-2H3. The van der Waals surface area contributed by atoms with Crippen molar-refractivity contribution in [3.05, 3.63) is 35.1 Å². The summed E-state index contributed by atoms with van der Waals surface area (Å²) in [7, 11) is 2.15. The molecule has 4 heteroatoms. The molecule has 1 aliphatic rings. The Morgan fingerprint density at radius 1 is 1.50 bits per heavy atom. The molecule has 1 aromatic rings. The van der Waals surface area contributed by atoms with Crippen LogP contribution in [0.25, 0.3) is 0 Å². The van der Waals surface area contributed by atoms with Gasteiger partial charge in [-0.2, -0.15) is 0 Å². The molecular formula is C14H22FN3. The van der Waals surface area contributed by atoms with Crippen molar-refractivity contribution in [3.8, 4) is 0 Å². The molecule has 0 spiro atoms. The minimum atomic E-state index is -0.130. The molecule has 1 fully saturated rings. The summed E-state index contributed by atoms with van der Waals surface area (Å²) in [5.41, 5.74) is 1.85. The number of nitrogens with one attached hydrogen (secondary N) is 2. The highest BCUT2D eigenvalue weighted by Gasteiger charge is 2.15. The van der Waals surface area contributed by atoms with Gasteiger partial charge < -0.3 is 15.5 Å². The van der Waals surface area contributed by atoms with Gasteiger partial charge in [0.25, 0.3) is 0 Å². The summed E-state index contributed by atoms with van der Waals surface area (Å²) in [5.74, 6) is -0.130. The Hall–Kier alpha value is -0.970. The highest BCUT2D eigenvalue weighted by molar-refractivity contribution is 5.23. The van der Waals surface area contributed by atoms with Crippen molar-refractivity contribution in [2.24, 2.45) is 0 Å². The Balaban J connectivity index is 1.76. The molecule has 2 N–H and O–H groups in total. The summed E-state index contributed by atoms with van der Waals surface area (Å²) < 4.78 is 13.1. The molecule has 1 aliphatic heterocycles. The van der Waals surface area contributed by atoms with E-state index >= 15 is 0 Å². The molecule has 18 heavy (non-hydrogen) atoms. The summed E-state index contributed by atoms with van der Waals surface area (Å²) in [6, 6.07) is 5.79. The van der Waals surface area contributed by atoms with Crippen LogP contribution in [-0.4, -0.2) is 44.2 Å². The molecule has 1 heterocycles. The fourth-order valence-electron chi connectivity index (χ4n) is 2.34. The summed E-state index contributed by atoms with van der Waals surface area (Å²) in [5, 5.41) is 6.92. The monoisotopic (exact) mass is 251 g/mol. The van der Waals surface area contributed by atoms with Crippen LogP contribution >= 0.6 is 0 Å². The van der Waals surface area contributed by atoms with Crippen molar-refractivity contribution in [1.29, 1.82) is 0 Å². The number of benzene rings is 1. The number of hydrogen-bond donors (Lipinski definition) is 2. The van der Waals surface area contributed by atoms with E-state index in [4.69, 9.17) is 0 Å². The molecule has 0 bridgehead atoms. The SMILES string of the molecule is Cc1cc(CNCC2CN(C)CCN2)ccc1F. The van der Waals surface area contributed by atoms with Gasteiger partial charge in [-0.05, 0) is 31.2 Å². The van der Waals surface area contributed by atoms with Crippen LogP contribution in [-0.2, 0) is 6.54 Å². The Bertz CT molecular complexity index is 395. The van der Waals surface area contributed by atoms with E-state index in [-0.39, 0.29) is 5.82 Å². The maximum atomic E-state index is 13.1. The van der Waals surface area contributed by atoms with Gasteiger partial charge in [-0.25, -0.2) is 4.39 Å². The van der Waals surface area contributed by atoms with Gasteiger partial charge in [0, 0.05) is 38.8 Å². The van der Waals surface area contributed by atoms with Gasteiger partial charge in [-0.3, -0.25) is 0 Å². The average molecular weight is 251 g/mol. The zero-order valence-corrected chi connectivity index (χ0v) is 11.2. The van der Waals surface area contributed by atoms with Crippen molar-refractivity contribution in [2.45, 2.75) is 19.5 Å². The van der Waals surface area contributed by atoms with Crippen molar-refractivity contribution < 1.29 is 4.39 Å². The molecule has 3 nitrogen and oxygen atoms in total. The van der Waals surface area contributed by atoms with Crippen LogP contribution in [0.15, 0.2) is 18.2 Å². The molecule has 1 unspecified atom stereocenters. The van der Waals surface area contributed by atoms with Crippen LogP contribution in [0.2, 0.25) is 0 Å². The molecule has 1 saturated heterocycles. The van der Waals surface area contributed by atoms with Gasteiger partial charge in [-0.1, -0.05) is 12.1 Å². The van der Waals surface area contributed by atoms with E-state index in [1.807, 2.05) is 12.1 Å². The lowest BCUT2D eigenvalue weighted by Gasteiger charge is -2.31. The predicted octanol–water partition coefficient (Wildman–Crippen LogP) is 1.13. The quantitative estimate of drug-likeness (QED) is 0.840. The van der Waals surface area contributed by atoms with Crippen molar-refractivity contribution in [2.75, 3.05) is 33.2 Å². The Labute approximate surface area is 108 Å². The molecule has 0 aliphatic carbocycles. The molecule has 0 saturated carbocycles. The number of likely N-dealkylation sites (N-methyl/N-ethyl adjacent to an activating group) is 1. The first kappa shape index (κ1) is 13.5. The second-order valence-corrected chi connectivity index (χ2v) is 5.13. The van der Waals surface area contributed by atoms with Crippen molar-refractivity contribution in [3.63, 3.8) is 0 Å². The third-order valence-corrected chi connectivity index (χ3v) is 3.40. The summed E-state index contributed by atoms with van der Waals surface area (Å²) in [4.78, 5) is 2.34. The van der Waals surface area contributed by atoms with Crippen LogP contribution in [0.4, 0.5) is 4.39 Å². The van der Waals surface area contributed by atoms with Gasteiger partial charge in [-0.15, -0.1) is 0 Å². The Kier molecular flexibility index (Phi) is 4.69. The minimum absolute atomic E-state index is 0.130. The molecule has 0 radical (unpaired) electrons. The number of hydrogen-bond acceptors (Lipinski definition) is 3. The molecular weight excluding hydrogens is 229 g/mol. The fourth-order valence-corrected chi connectivity index (χ4v) is 2.34. The Morgan fingerprint density at radius 2 is 2.33 bits per heavy atom. The summed E-state index contributed by atoms with van der Waals surface area (Å²) in [6.45, 7) is 6.79. The zero-order chi connectivity index (χ0) is 13.0. The van der Waals surface area contributed by atoms with E-state index < -0.39 is 0 Å². The summed E-state index contributed by atoms with van der Waals surface area (Å²) >= 11 is 0. The van der Waals surface area contributed by atoms with E-state index in [0.717, 1.165) is 38.3 Å². The normalized spacial score (nSPS) is 21.2. The van der Waals surface area contributed by atoms with E-state index in [2.05, 4.69) is 22.6 Å². The topological polar surface area (TPSA) is 27.3 Å². The number of aryl methyl sites for hydroxylation is 1. The molecule has 1 aromatic carbocycles. The highest BCUT2D eigenvalue weighted by atomic mass is 19.1. The Morgan fingerprint density at radius 3 is 3.06 bits per heavy atom. The minimum Gasteiger partial charge on any atom is -0.311 e. The number of halogens is 1. The van der Waals surface area contributed by atoms with E-state index in [9.17, 15) is 4.39 Å². The molecule has 0 amide bonds. The van der Waals surface area contributed by atoms with E-state index in [0.29, 0.717) is 11.6 Å². The second-order valence-electron chi connectivity index (χ2n) is 5.13. The van der Waals surface area contributed by atoms with Crippen LogP contribution in [0, 0.1) is 12.7 Å². The number of rotatable bonds is 4. The lowest BCUT2D eigenvalue weighted by atomic mass is 10.1. The smallest absolute Gasteiger partial charge is 0.126 e. The largest absolute Gasteiger partial charge is 0.311 e. The van der Waals surface area contributed by atoms with Gasteiger partial charge in [0.05, 0.1) is 0 Å². The second kappa shape index (κ2) is 6.27. The first-order chi connectivity index (χ1) is 8.65. The first-order valence-corrected chi connectivity index (χ1v) is 6.53. The third-order valence-electron chi connectivity index (χ3n) is 3.40. The van der Waals surface area contributed by atoms with E-state index in [1.165, 1.54) is 0 Å². The molecule has 0 aromatic heterocycles. The van der Waals surface area contributed by atoms with Crippen LogP contribution in [0.1, 0.15) is 11.1 Å². The average Bonchev–Trinajstić information content (AvgIpc) is 2.34. The van der Waals surface area contributed by atoms with Crippen LogP contribution in [0.5, 0.6) is 0 Å². The first-order valence-electron chi connectivity index (χ1n) is 6.53. The van der Waals surface area contributed by atoms with Gasteiger partial charge in [0.1, 0.15) is 5.82 Å². The van der Waals surface area contributed by atoms with Crippen LogP contribution < -0.4 is 10.6 Å². The molecule has 2 rings (SSSR count). The maximum Gasteiger partial charge on any atom is 0.126 e. The summed E-state index contributed by atoms with van der Waals surface area (Å²) in [6.07, 6.45) is 0. The van der Waals surface area contributed by atoms with Gasteiger partial charge >= 0.3 is 0 Å². The van der Waals surface area contributed by atoms with Crippen LogP contribution in [0.3, 0.4) is 0 Å². The lowest BCUT2D eigenvalue weighted by Crippen LogP contribution is -2.52. The van der Waals surface area contributed by atoms with Crippen molar-refractivity contribution >= 4 is 0 Å². The number of piperazine rings is 1. The number of nitrogens with zero attached hydrogens (tertiary/aromatic N) is 1. The van der Waals surface area contributed by atoms with Crippen molar-refractivity contribution in [1.82, 2.24) is 15.5 Å². The molecule has 100 valence electrons. The van der Waals surface area contributed by atoms with Gasteiger partial charge in [0.2, 0.25) is 0 Å². The third kappa shape index (κ3) is 3.77. The van der Waals surface area contributed by atoms with E-state index in [1.54, 1.807) is 13.0 Å². The predicted molar refractivity (Wildman–Crippen MR) is 72.1 cm³/mol. The zero-order valence-electron chi connectivity index (χ0n) is 11.2. The lowest BCUT2D eigenvalue weighted by molar-refractivity contribution is 0.235. The molecule has 1 atom stereocenters. The fraction of sp³-hybridized carbons (Fsp3) is 0.571.